The fourth-order valence-electron chi connectivity index (χ4n) is 8.78. The van der Waals surface area contributed by atoms with Gasteiger partial charge in [0.05, 0.1) is 10.8 Å². The molecule has 0 saturated heterocycles. The quantitative estimate of drug-likeness (QED) is 0.207. The SMILES string of the molecule is C=Cc1cccc2c1C1(c3ccccc3-c3ccccc31)c1ccccc1C21C2=C(CCC=C2)c2ccccc21. The standard InChI is InChI=1S/C40H28/c1-2-26-14-13-25-37-38(26)40(33-21-9-5-17-29(33)30-18-6-10-22-34(30)40)36-24-12-11-23-35(36)39(37)31-19-7-3-15-27(31)28-16-4-8-20-32(28)39/h2-3,5-15,17-25H,1,4,16H2. The molecule has 0 fully saturated rings. The highest BCUT2D eigenvalue weighted by atomic mass is 14.6. The highest BCUT2D eigenvalue weighted by Crippen LogP contribution is 2.68. The first-order chi connectivity index (χ1) is 19.8. The molecule has 0 aromatic heterocycles. The van der Waals surface area contributed by atoms with E-state index in [9.17, 15) is 0 Å². The number of benzene rings is 5. The maximum atomic E-state index is 4.38. The van der Waals surface area contributed by atoms with Gasteiger partial charge in [-0.2, -0.15) is 0 Å². The summed E-state index contributed by atoms with van der Waals surface area (Å²) in [5, 5.41) is 0. The molecule has 0 bridgehead atoms. The molecule has 0 heterocycles. The van der Waals surface area contributed by atoms with Gasteiger partial charge in [-0.1, -0.05) is 140 Å². The van der Waals surface area contributed by atoms with Crippen molar-refractivity contribution in [1.82, 2.24) is 0 Å². The van der Waals surface area contributed by atoms with Crippen molar-refractivity contribution >= 4 is 11.6 Å². The lowest BCUT2D eigenvalue weighted by molar-refractivity contribution is 0.627. The van der Waals surface area contributed by atoms with Crippen LogP contribution in [-0.2, 0) is 10.8 Å². The van der Waals surface area contributed by atoms with E-state index in [1.165, 1.54) is 72.3 Å². The summed E-state index contributed by atoms with van der Waals surface area (Å²) in [6.07, 6.45) is 9.08. The van der Waals surface area contributed by atoms with E-state index < -0.39 is 5.41 Å². The Hall–Kier alpha value is -4.68. The zero-order valence-corrected chi connectivity index (χ0v) is 22.3. The summed E-state index contributed by atoms with van der Waals surface area (Å²) in [7, 11) is 0. The first-order valence-electron chi connectivity index (χ1n) is 14.4. The van der Waals surface area contributed by atoms with Gasteiger partial charge >= 0.3 is 0 Å². The normalized spacial score (nSPS) is 20.0. The average Bonchev–Trinajstić information content (AvgIpc) is 3.49. The Morgan fingerprint density at radius 2 is 1.05 bits per heavy atom. The van der Waals surface area contributed by atoms with Gasteiger partial charge in [-0.3, -0.25) is 0 Å². The maximum Gasteiger partial charge on any atom is 0.0725 e. The monoisotopic (exact) mass is 508 g/mol. The van der Waals surface area contributed by atoms with E-state index in [0.717, 1.165) is 12.8 Å². The molecule has 4 aliphatic carbocycles. The van der Waals surface area contributed by atoms with E-state index in [-0.39, 0.29) is 5.41 Å². The van der Waals surface area contributed by atoms with Gasteiger partial charge in [0.1, 0.15) is 0 Å². The average molecular weight is 509 g/mol. The van der Waals surface area contributed by atoms with Gasteiger partial charge in [-0.25, -0.2) is 0 Å². The number of fused-ring (bicyclic) bond motifs is 15. The van der Waals surface area contributed by atoms with Crippen molar-refractivity contribution < 1.29 is 0 Å². The van der Waals surface area contributed by atoms with Crippen molar-refractivity contribution in [3.05, 3.63) is 190 Å². The topological polar surface area (TPSA) is 0 Å². The Kier molecular flexibility index (Phi) is 4.27. The molecule has 0 amide bonds. The van der Waals surface area contributed by atoms with Crippen molar-refractivity contribution in [3.8, 4) is 11.1 Å². The van der Waals surface area contributed by atoms with Crippen LogP contribution in [-0.4, -0.2) is 0 Å². The predicted molar refractivity (Wildman–Crippen MR) is 165 cm³/mol. The fourth-order valence-corrected chi connectivity index (χ4v) is 8.78. The van der Waals surface area contributed by atoms with E-state index in [2.05, 4.69) is 140 Å². The maximum absolute atomic E-state index is 4.38. The molecule has 0 N–H and O–H groups in total. The third-order valence-corrected chi connectivity index (χ3v) is 10.0. The van der Waals surface area contributed by atoms with Crippen LogP contribution in [0.25, 0.3) is 22.8 Å². The van der Waals surface area contributed by atoms with Crippen LogP contribution in [0.3, 0.4) is 0 Å². The number of hydrogen-bond donors (Lipinski definition) is 0. The molecular weight excluding hydrogens is 480 g/mol. The Morgan fingerprint density at radius 3 is 1.70 bits per heavy atom. The lowest BCUT2D eigenvalue weighted by atomic mass is 9.51. The van der Waals surface area contributed by atoms with Crippen molar-refractivity contribution in [2.75, 3.05) is 0 Å². The smallest absolute Gasteiger partial charge is 0.0725 e. The molecule has 40 heavy (non-hydrogen) atoms. The van der Waals surface area contributed by atoms with Gasteiger partial charge in [0, 0.05) is 0 Å². The van der Waals surface area contributed by atoms with Gasteiger partial charge in [0.15, 0.2) is 0 Å². The summed E-state index contributed by atoms with van der Waals surface area (Å²) < 4.78 is 0. The van der Waals surface area contributed by atoms with Crippen molar-refractivity contribution in [2.24, 2.45) is 0 Å². The second kappa shape index (κ2) is 7.71. The van der Waals surface area contributed by atoms with Crippen LogP contribution in [0.2, 0.25) is 0 Å². The molecule has 1 atom stereocenters. The first-order valence-corrected chi connectivity index (χ1v) is 14.4. The van der Waals surface area contributed by atoms with Crippen LogP contribution in [0.1, 0.15) is 62.9 Å². The number of allylic oxidation sites excluding steroid dienone is 4. The molecule has 1 unspecified atom stereocenters. The van der Waals surface area contributed by atoms with Crippen LogP contribution in [0.5, 0.6) is 0 Å². The largest absolute Gasteiger partial charge is 0.0985 e. The van der Waals surface area contributed by atoms with E-state index in [0.29, 0.717) is 0 Å². The summed E-state index contributed by atoms with van der Waals surface area (Å²) in [4.78, 5) is 0. The molecule has 0 saturated carbocycles. The predicted octanol–water partition coefficient (Wildman–Crippen LogP) is 9.46. The minimum Gasteiger partial charge on any atom is -0.0985 e. The summed E-state index contributed by atoms with van der Waals surface area (Å²) in [6, 6.07) is 43.6. The van der Waals surface area contributed by atoms with Gasteiger partial charge in [-0.05, 0) is 85.2 Å². The Bertz CT molecular complexity index is 1930. The zero-order chi connectivity index (χ0) is 26.5. The lowest BCUT2D eigenvalue weighted by Crippen LogP contribution is -2.44. The Morgan fingerprint density at radius 1 is 0.525 bits per heavy atom. The second-order valence-corrected chi connectivity index (χ2v) is 11.5. The fraction of sp³-hybridized carbons (Fsp3) is 0.100. The Balaban J connectivity index is 1.55. The van der Waals surface area contributed by atoms with Gasteiger partial charge in [0.25, 0.3) is 0 Å². The zero-order valence-electron chi connectivity index (χ0n) is 22.3. The van der Waals surface area contributed by atoms with Crippen LogP contribution in [0.15, 0.2) is 140 Å². The van der Waals surface area contributed by atoms with Crippen LogP contribution < -0.4 is 0 Å². The highest BCUT2D eigenvalue weighted by molar-refractivity contribution is 5.95. The van der Waals surface area contributed by atoms with E-state index in [1.807, 2.05) is 0 Å². The van der Waals surface area contributed by atoms with Crippen LogP contribution in [0.4, 0.5) is 0 Å². The van der Waals surface area contributed by atoms with Gasteiger partial charge in [-0.15, -0.1) is 0 Å². The third-order valence-electron chi connectivity index (χ3n) is 10.0. The molecule has 0 nitrogen and oxygen atoms in total. The molecule has 0 aliphatic heterocycles. The molecule has 4 aliphatic rings. The van der Waals surface area contributed by atoms with Crippen molar-refractivity contribution in [2.45, 2.75) is 23.7 Å². The van der Waals surface area contributed by atoms with E-state index in [4.69, 9.17) is 0 Å². The molecule has 0 radical (unpaired) electrons. The van der Waals surface area contributed by atoms with Crippen molar-refractivity contribution in [1.29, 1.82) is 0 Å². The molecule has 5 aromatic carbocycles. The van der Waals surface area contributed by atoms with E-state index >= 15 is 0 Å². The lowest BCUT2D eigenvalue weighted by Gasteiger charge is -2.50. The van der Waals surface area contributed by atoms with Gasteiger partial charge < -0.3 is 0 Å². The number of hydrogen-bond acceptors (Lipinski definition) is 0. The molecule has 9 rings (SSSR count). The van der Waals surface area contributed by atoms with E-state index in [1.54, 1.807) is 0 Å². The highest BCUT2D eigenvalue weighted by Gasteiger charge is 2.59. The molecular formula is C40H28. The summed E-state index contributed by atoms with van der Waals surface area (Å²) in [5.74, 6) is 0. The summed E-state index contributed by atoms with van der Waals surface area (Å²) in [5.41, 5.74) is 17.2. The minimum atomic E-state index is -0.425. The van der Waals surface area contributed by atoms with Crippen molar-refractivity contribution in [3.63, 3.8) is 0 Å². The molecule has 0 heteroatoms. The van der Waals surface area contributed by atoms with Crippen LogP contribution in [0, 0.1) is 0 Å². The minimum absolute atomic E-state index is 0.370. The van der Waals surface area contributed by atoms with Gasteiger partial charge in [0.2, 0.25) is 0 Å². The molecule has 188 valence electrons. The van der Waals surface area contributed by atoms with Crippen LogP contribution >= 0.6 is 0 Å². The second-order valence-electron chi connectivity index (χ2n) is 11.5. The molecule has 5 aromatic rings. The summed E-state index contributed by atoms with van der Waals surface area (Å²) >= 11 is 0. The number of rotatable bonds is 1. The third kappa shape index (κ3) is 2.33. The molecule has 2 spiro atoms. The Labute approximate surface area is 235 Å². The first kappa shape index (κ1) is 22.2. The summed E-state index contributed by atoms with van der Waals surface area (Å²) in [6.45, 7) is 4.38.